The highest BCUT2D eigenvalue weighted by Gasteiger charge is 2.04. The van der Waals surface area contributed by atoms with E-state index in [0.717, 1.165) is 31.2 Å². The molecule has 0 saturated heterocycles. The molecule has 23 heavy (non-hydrogen) atoms. The number of nitrogens with one attached hydrogen (secondary N) is 2. The number of thiophene rings is 1. The molecule has 0 spiro atoms. The van der Waals surface area contributed by atoms with Crippen molar-refractivity contribution < 1.29 is 4.74 Å². The first-order chi connectivity index (χ1) is 10.7. The Hall–Kier alpha value is -1.28. The zero-order valence-corrected chi connectivity index (χ0v) is 16.9. The summed E-state index contributed by atoms with van der Waals surface area (Å²) in [5.74, 6) is 1.76. The highest BCUT2D eigenvalue weighted by Crippen LogP contribution is 2.19. The van der Waals surface area contributed by atoms with Crippen LogP contribution in [-0.4, -0.2) is 26.7 Å². The van der Waals surface area contributed by atoms with E-state index in [1.165, 1.54) is 16.0 Å². The topological polar surface area (TPSA) is 45.7 Å². The lowest BCUT2D eigenvalue weighted by molar-refractivity contribution is 0.409. The molecule has 0 atom stereocenters. The standard InChI is InChI=1S/C17H23N3OS.HI/c1-13-6-7-16(21-3)14(11-13)8-9-19-17(18-2)20-12-15-5-4-10-22-15;/h4-7,10-11H,8-9,12H2,1-3H3,(H2,18,19,20);1H. The first-order valence-electron chi connectivity index (χ1n) is 7.33. The number of methoxy groups -OCH3 is 1. The van der Waals surface area contributed by atoms with Crippen LogP contribution in [0.25, 0.3) is 0 Å². The average molecular weight is 445 g/mol. The summed E-state index contributed by atoms with van der Waals surface area (Å²) in [6.07, 6.45) is 0.893. The Morgan fingerprint density at radius 1 is 1.26 bits per heavy atom. The summed E-state index contributed by atoms with van der Waals surface area (Å²) < 4.78 is 5.41. The van der Waals surface area contributed by atoms with Crippen LogP contribution in [0.1, 0.15) is 16.0 Å². The lowest BCUT2D eigenvalue weighted by Crippen LogP contribution is -2.37. The molecule has 0 aliphatic rings. The number of rotatable bonds is 6. The zero-order valence-electron chi connectivity index (χ0n) is 13.8. The van der Waals surface area contributed by atoms with Gasteiger partial charge in [-0.1, -0.05) is 23.8 Å². The van der Waals surface area contributed by atoms with E-state index >= 15 is 0 Å². The second-order valence-electron chi connectivity index (χ2n) is 5.00. The summed E-state index contributed by atoms with van der Waals surface area (Å²) in [4.78, 5) is 5.54. The van der Waals surface area contributed by atoms with Gasteiger partial charge >= 0.3 is 0 Å². The number of halogens is 1. The number of hydrogen-bond acceptors (Lipinski definition) is 3. The third-order valence-electron chi connectivity index (χ3n) is 3.36. The molecular formula is C17H24IN3OS. The Kier molecular flexibility index (Phi) is 9.01. The minimum atomic E-state index is 0. The van der Waals surface area contributed by atoms with Crippen molar-refractivity contribution in [3.63, 3.8) is 0 Å². The van der Waals surface area contributed by atoms with E-state index in [-0.39, 0.29) is 24.0 Å². The van der Waals surface area contributed by atoms with E-state index in [9.17, 15) is 0 Å². The zero-order chi connectivity index (χ0) is 15.8. The molecule has 2 aromatic rings. The molecule has 0 amide bonds. The fourth-order valence-corrected chi connectivity index (χ4v) is 2.87. The van der Waals surface area contributed by atoms with Crippen LogP contribution >= 0.6 is 35.3 Å². The molecule has 2 N–H and O–H groups in total. The van der Waals surface area contributed by atoms with Gasteiger partial charge in [0.15, 0.2) is 5.96 Å². The second kappa shape index (κ2) is 10.5. The van der Waals surface area contributed by atoms with Gasteiger partial charge in [-0.05, 0) is 36.4 Å². The summed E-state index contributed by atoms with van der Waals surface area (Å²) in [6, 6.07) is 10.4. The molecule has 4 nitrogen and oxygen atoms in total. The van der Waals surface area contributed by atoms with Crippen molar-refractivity contribution in [2.75, 3.05) is 20.7 Å². The highest BCUT2D eigenvalue weighted by molar-refractivity contribution is 14.0. The molecule has 0 unspecified atom stereocenters. The van der Waals surface area contributed by atoms with Crippen LogP contribution < -0.4 is 15.4 Å². The number of ether oxygens (including phenoxy) is 1. The van der Waals surface area contributed by atoms with Gasteiger partial charge in [-0.3, -0.25) is 4.99 Å². The van der Waals surface area contributed by atoms with Gasteiger partial charge in [-0.15, -0.1) is 35.3 Å². The number of nitrogens with zero attached hydrogens (tertiary/aromatic N) is 1. The molecule has 1 aromatic carbocycles. The molecule has 0 radical (unpaired) electrons. The summed E-state index contributed by atoms with van der Waals surface area (Å²) in [6.45, 7) is 3.70. The van der Waals surface area contributed by atoms with Gasteiger partial charge in [0.1, 0.15) is 5.75 Å². The largest absolute Gasteiger partial charge is 0.496 e. The molecule has 1 aromatic heterocycles. The summed E-state index contributed by atoms with van der Waals surface area (Å²) in [5, 5.41) is 8.74. The summed E-state index contributed by atoms with van der Waals surface area (Å²) in [7, 11) is 3.50. The molecule has 0 saturated carbocycles. The van der Waals surface area contributed by atoms with Crippen LogP contribution in [-0.2, 0) is 13.0 Å². The Balaban J connectivity index is 0.00000264. The molecule has 1 heterocycles. The van der Waals surface area contributed by atoms with Gasteiger partial charge in [0.2, 0.25) is 0 Å². The fourth-order valence-electron chi connectivity index (χ4n) is 2.22. The maximum atomic E-state index is 5.41. The predicted octanol–water partition coefficient (Wildman–Crippen LogP) is 3.59. The second-order valence-corrected chi connectivity index (χ2v) is 6.03. The normalized spacial score (nSPS) is 10.8. The van der Waals surface area contributed by atoms with Crippen LogP contribution in [0.15, 0.2) is 40.7 Å². The Labute approximate surface area is 159 Å². The minimum absolute atomic E-state index is 0. The maximum absolute atomic E-state index is 5.41. The summed E-state index contributed by atoms with van der Waals surface area (Å²) >= 11 is 1.74. The number of benzene rings is 1. The van der Waals surface area contributed by atoms with Crippen molar-refractivity contribution in [1.82, 2.24) is 10.6 Å². The summed E-state index contributed by atoms with van der Waals surface area (Å²) in [5.41, 5.74) is 2.46. The highest BCUT2D eigenvalue weighted by atomic mass is 127. The average Bonchev–Trinajstić information content (AvgIpc) is 3.04. The SMILES string of the molecule is CN=C(NCCc1cc(C)ccc1OC)NCc1cccs1.I. The van der Waals surface area contributed by atoms with Gasteiger partial charge < -0.3 is 15.4 Å². The molecule has 0 fully saturated rings. The number of aryl methyl sites for hydroxylation is 1. The smallest absolute Gasteiger partial charge is 0.191 e. The quantitative estimate of drug-likeness (QED) is 0.406. The van der Waals surface area contributed by atoms with Gasteiger partial charge in [-0.25, -0.2) is 0 Å². The van der Waals surface area contributed by atoms with Crippen LogP contribution in [0, 0.1) is 6.92 Å². The van der Waals surface area contributed by atoms with Crippen molar-refractivity contribution in [2.24, 2.45) is 4.99 Å². The molecule has 126 valence electrons. The van der Waals surface area contributed by atoms with Crippen molar-refractivity contribution in [3.8, 4) is 5.75 Å². The predicted molar refractivity (Wildman–Crippen MR) is 109 cm³/mol. The molecule has 0 aliphatic heterocycles. The number of aliphatic imine (C=N–C) groups is 1. The Bertz CT molecular complexity index is 614. The van der Waals surface area contributed by atoms with Crippen LogP contribution in [0.3, 0.4) is 0 Å². The molecule has 6 heteroatoms. The lowest BCUT2D eigenvalue weighted by atomic mass is 10.1. The molecular weight excluding hydrogens is 421 g/mol. The van der Waals surface area contributed by atoms with E-state index in [1.807, 2.05) is 6.07 Å². The Morgan fingerprint density at radius 2 is 2.09 bits per heavy atom. The van der Waals surface area contributed by atoms with E-state index in [1.54, 1.807) is 25.5 Å². The maximum Gasteiger partial charge on any atom is 0.191 e. The van der Waals surface area contributed by atoms with Gasteiger partial charge in [-0.2, -0.15) is 0 Å². The van der Waals surface area contributed by atoms with Gasteiger partial charge in [0, 0.05) is 18.5 Å². The minimum Gasteiger partial charge on any atom is -0.496 e. The van der Waals surface area contributed by atoms with E-state index in [2.05, 4.69) is 52.2 Å². The number of hydrogen-bond donors (Lipinski definition) is 2. The van der Waals surface area contributed by atoms with Crippen molar-refractivity contribution in [3.05, 3.63) is 51.7 Å². The van der Waals surface area contributed by atoms with Crippen molar-refractivity contribution in [2.45, 2.75) is 19.9 Å². The van der Waals surface area contributed by atoms with Crippen molar-refractivity contribution >= 4 is 41.3 Å². The lowest BCUT2D eigenvalue weighted by Gasteiger charge is -2.13. The van der Waals surface area contributed by atoms with E-state index in [4.69, 9.17) is 4.74 Å². The van der Waals surface area contributed by atoms with Gasteiger partial charge in [0.05, 0.1) is 13.7 Å². The molecule has 2 rings (SSSR count). The monoisotopic (exact) mass is 445 g/mol. The first kappa shape index (κ1) is 19.8. The van der Waals surface area contributed by atoms with Crippen LogP contribution in [0.4, 0.5) is 0 Å². The van der Waals surface area contributed by atoms with E-state index in [0.29, 0.717) is 0 Å². The first-order valence-corrected chi connectivity index (χ1v) is 8.21. The van der Waals surface area contributed by atoms with E-state index < -0.39 is 0 Å². The Morgan fingerprint density at radius 3 is 2.74 bits per heavy atom. The third kappa shape index (κ3) is 6.39. The van der Waals surface area contributed by atoms with Crippen LogP contribution in [0.2, 0.25) is 0 Å². The molecule has 0 aliphatic carbocycles. The fraction of sp³-hybridized carbons (Fsp3) is 0.353. The number of guanidine groups is 1. The molecule has 0 bridgehead atoms. The van der Waals surface area contributed by atoms with Gasteiger partial charge in [0.25, 0.3) is 0 Å². The third-order valence-corrected chi connectivity index (χ3v) is 4.23. The van der Waals surface area contributed by atoms with Crippen LogP contribution in [0.5, 0.6) is 5.75 Å². The van der Waals surface area contributed by atoms with Crippen molar-refractivity contribution in [1.29, 1.82) is 0 Å².